The van der Waals surface area contributed by atoms with Crippen LogP contribution >= 0.6 is 0 Å². The van der Waals surface area contributed by atoms with Crippen molar-refractivity contribution in [2.75, 3.05) is 18.9 Å². The Bertz CT molecular complexity index is 439. The first-order valence-electron chi connectivity index (χ1n) is 6.28. The van der Waals surface area contributed by atoms with Crippen LogP contribution in [0.5, 0.6) is 5.75 Å². The van der Waals surface area contributed by atoms with Gasteiger partial charge in [-0.15, -0.1) is 0 Å². The largest absolute Gasteiger partial charge is 0.508 e. The van der Waals surface area contributed by atoms with Crippen LogP contribution in [0.3, 0.4) is 0 Å². The predicted octanol–water partition coefficient (Wildman–Crippen LogP) is 2.50. The van der Waals surface area contributed by atoms with Crippen LogP contribution in [0.15, 0.2) is 18.2 Å². The predicted molar refractivity (Wildman–Crippen MR) is 75.6 cm³/mol. The molecule has 1 amide bonds. The smallest absolute Gasteiger partial charge is 0.412 e. The summed E-state index contributed by atoms with van der Waals surface area (Å²) in [5, 5.41) is 15.4. The van der Waals surface area contributed by atoms with Gasteiger partial charge in [-0.1, -0.05) is 6.07 Å². The maximum absolute atomic E-state index is 11.6. The molecule has 0 aliphatic rings. The van der Waals surface area contributed by atoms with Gasteiger partial charge in [0.2, 0.25) is 0 Å². The average Bonchev–Trinajstić information content (AvgIpc) is 2.25. The number of hydrogen-bond donors (Lipinski definition) is 3. The number of rotatable bonds is 4. The van der Waals surface area contributed by atoms with Gasteiger partial charge < -0.3 is 15.2 Å². The normalized spacial score (nSPS) is 11.2. The summed E-state index contributed by atoms with van der Waals surface area (Å²) < 4.78 is 5.13. The van der Waals surface area contributed by atoms with Crippen LogP contribution in [-0.2, 0) is 11.2 Å². The van der Waals surface area contributed by atoms with Gasteiger partial charge in [0.25, 0.3) is 0 Å². The van der Waals surface area contributed by atoms with E-state index in [-0.39, 0.29) is 5.75 Å². The molecule has 0 bridgehead atoms. The number of hydrogen-bond acceptors (Lipinski definition) is 4. The van der Waals surface area contributed by atoms with Crippen molar-refractivity contribution in [1.82, 2.24) is 5.32 Å². The number of phenolic OH excluding ortho intramolecular Hbond substituents is 1. The first kappa shape index (κ1) is 15.3. The third kappa shape index (κ3) is 5.61. The monoisotopic (exact) mass is 266 g/mol. The summed E-state index contributed by atoms with van der Waals surface area (Å²) in [7, 11) is 1.86. The molecule has 0 unspecified atom stereocenters. The second-order valence-corrected chi connectivity index (χ2v) is 5.32. The lowest BCUT2D eigenvalue weighted by molar-refractivity contribution is 0.0636. The number of anilines is 1. The van der Waals surface area contributed by atoms with Crippen molar-refractivity contribution >= 4 is 11.8 Å². The van der Waals surface area contributed by atoms with Crippen molar-refractivity contribution < 1.29 is 14.6 Å². The maximum atomic E-state index is 11.6. The Morgan fingerprint density at radius 2 is 2.05 bits per heavy atom. The molecule has 0 saturated heterocycles. The molecule has 1 aromatic carbocycles. The number of ether oxygens (including phenoxy) is 1. The molecular formula is C14H22N2O3. The molecule has 106 valence electrons. The molecule has 5 nitrogen and oxygen atoms in total. The summed E-state index contributed by atoms with van der Waals surface area (Å²) in [4.78, 5) is 11.6. The van der Waals surface area contributed by atoms with Gasteiger partial charge in [0.1, 0.15) is 11.4 Å². The third-order valence-corrected chi connectivity index (χ3v) is 2.37. The number of nitrogens with one attached hydrogen (secondary N) is 2. The third-order valence-electron chi connectivity index (χ3n) is 2.37. The van der Waals surface area contributed by atoms with Crippen LogP contribution in [0.2, 0.25) is 0 Å². The molecule has 0 saturated carbocycles. The first-order valence-corrected chi connectivity index (χ1v) is 6.28. The standard InChI is InChI=1S/C14H22N2O3/c1-14(2,3)19-13(18)16-11-6-5-10(7-8-15-4)12(17)9-11/h5-6,9,15,17H,7-8H2,1-4H3,(H,16,18). The lowest BCUT2D eigenvalue weighted by Crippen LogP contribution is -2.27. The Morgan fingerprint density at radius 3 is 2.58 bits per heavy atom. The molecular weight excluding hydrogens is 244 g/mol. The molecule has 1 rings (SSSR count). The zero-order valence-corrected chi connectivity index (χ0v) is 11.9. The Kier molecular flexibility index (Phi) is 5.18. The molecule has 0 aliphatic carbocycles. The molecule has 5 heteroatoms. The summed E-state index contributed by atoms with van der Waals surface area (Å²) in [5.41, 5.74) is 0.808. The van der Waals surface area contributed by atoms with Gasteiger partial charge in [0, 0.05) is 11.8 Å². The average molecular weight is 266 g/mol. The molecule has 0 radical (unpaired) electrons. The summed E-state index contributed by atoms with van der Waals surface area (Å²) in [6, 6.07) is 5.06. The van der Waals surface area contributed by atoms with Crippen molar-refractivity contribution in [2.24, 2.45) is 0 Å². The van der Waals surface area contributed by atoms with Crippen molar-refractivity contribution in [3.05, 3.63) is 23.8 Å². The number of likely N-dealkylation sites (N-methyl/N-ethyl adjacent to an activating group) is 1. The molecule has 1 aromatic rings. The number of phenols is 1. The molecule has 0 fully saturated rings. The van der Waals surface area contributed by atoms with E-state index in [1.54, 1.807) is 32.9 Å². The van der Waals surface area contributed by atoms with Gasteiger partial charge in [-0.2, -0.15) is 0 Å². The number of aromatic hydroxyl groups is 1. The molecule has 0 aromatic heterocycles. The highest BCUT2D eigenvalue weighted by Crippen LogP contribution is 2.22. The van der Waals surface area contributed by atoms with Crippen molar-refractivity contribution in [2.45, 2.75) is 32.8 Å². The van der Waals surface area contributed by atoms with E-state index in [9.17, 15) is 9.90 Å². The fourth-order valence-corrected chi connectivity index (χ4v) is 1.53. The zero-order chi connectivity index (χ0) is 14.5. The molecule has 0 atom stereocenters. The van der Waals surface area contributed by atoms with Crippen molar-refractivity contribution in [1.29, 1.82) is 0 Å². The highest BCUT2D eigenvalue weighted by atomic mass is 16.6. The number of carbonyl (C=O) groups excluding carboxylic acids is 1. The Hall–Kier alpha value is -1.75. The Labute approximate surface area is 114 Å². The Balaban J connectivity index is 2.65. The lowest BCUT2D eigenvalue weighted by Gasteiger charge is -2.19. The van der Waals surface area contributed by atoms with Crippen LogP contribution in [-0.4, -0.2) is 30.4 Å². The highest BCUT2D eigenvalue weighted by Gasteiger charge is 2.16. The van der Waals surface area contributed by atoms with Gasteiger partial charge in [-0.05, 0) is 52.4 Å². The number of amides is 1. The van der Waals surface area contributed by atoms with Crippen LogP contribution in [0, 0.1) is 0 Å². The fraction of sp³-hybridized carbons (Fsp3) is 0.500. The van der Waals surface area contributed by atoms with Crippen LogP contribution in [0.1, 0.15) is 26.3 Å². The minimum absolute atomic E-state index is 0.170. The van der Waals surface area contributed by atoms with E-state index in [0.29, 0.717) is 5.69 Å². The lowest BCUT2D eigenvalue weighted by atomic mass is 10.1. The van der Waals surface area contributed by atoms with E-state index in [4.69, 9.17) is 4.74 Å². The summed E-state index contributed by atoms with van der Waals surface area (Å²) in [6.45, 7) is 6.17. The summed E-state index contributed by atoms with van der Waals surface area (Å²) in [5.74, 6) is 0.170. The van der Waals surface area contributed by atoms with Crippen molar-refractivity contribution in [3.8, 4) is 5.75 Å². The number of benzene rings is 1. The van der Waals surface area contributed by atoms with E-state index in [2.05, 4.69) is 10.6 Å². The van der Waals surface area contributed by atoms with E-state index in [0.717, 1.165) is 18.5 Å². The molecule has 3 N–H and O–H groups in total. The van der Waals surface area contributed by atoms with E-state index >= 15 is 0 Å². The van der Waals surface area contributed by atoms with E-state index in [1.165, 1.54) is 6.07 Å². The minimum atomic E-state index is -0.543. The van der Waals surface area contributed by atoms with Gasteiger partial charge in [0.05, 0.1) is 0 Å². The van der Waals surface area contributed by atoms with Crippen LogP contribution in [0.25, 0.3) is 0 Å². The zero-order valence-electron chi connectivity index (χ0n) is 11.9. The molecule has 0 spiro atoms. The van der Waals surface area contributed by atoms with Crippen LogP contribution in [0.4, 0.5) is 10.5 Å². The Morgan fingerprint density at radius 1 is 1.37 bits per heavy atom. The molecule has 0 aliphatic heterocycles. The second-order valence-electron chi connectivity index (χ2n) is 5.32. The fourth-order valence-electron chi connectivity index (χ4n) is 1.53. The minimum Gasteiger partial charge on any atom is -0.508 e. The van der Waals surface area contributed by atoms with E-state index in [1.807, 2.05) is 7.05 Å². The second kappa shape index (κ2) is 6.43. The SMILES string of the molecule is CNCCc1ccc(NC(=O)OC(C)(C)C)cc1O. The maximum Gasteiger partial charge on any atom is 0.412 e. The van der Waals surface area contributed by atoms with Crippen LogP contribution < -0.4 is 10.6 Å². The van der Waals surface area contributed by atoms with E-state index < -0.39 is 11.7 Å². The van der Waals surface area contributed by atoms with Gasteiger partial charge in [-0.3, -0.25) is 5.32 Å². The molecule has 19 heavy (non-hydrogen) atoms. The topological polar surface area (TPSA) is 70.6 Å². The van der Waals surface area contributed by atoms with Crippen molar-refractivity contribution in [3.63, 3.8) is 0 Å². The quantitative estimate of drug-likeness (QED) is 0.783. The summed E-state index contributed by atoms with van der Waals surface area (Å²) >= 11 is 0. The number of carbonyl (C=O) groups is 1. The van der Waals surface area contributed by atoms with Gasteiger partial charge >= 0.3 is 6.09 Å². The first-order chi connectivity index (χ1) is 8.81. The van der Waals surface area contributed by atoms with Gasteiger partial charge in [-0.25, -0.2) is 4.79 Å². The highest BCUT2D eigenvalue weighted by molar-refractivity contribution is 5.85. The van der Waals surface area contributed by atoms with Gasteiger partial charge in [0.15, 0.2) is 0 Å². The molecule has 0 heterocycles. The summed E-state index contributed by atoms with van der Waals surface area (Å²) in [6.07, 6.45) is 0.199.